The van der Waals surface area contributed by atoms with E-state index in [1.807, 2.05) is 0 Å². The average Bonchev–Trinajstić information content (AvgIpc) is 3.53. The lowest BCUT2D eigenvalue weighted by molar-refractivity contribution is -0.125. The lowest BCUT2D eigenvalue weighted by Gasteiger charge is -2.29. The standard InChI is InChI=1S/C23H18N4O6/c1-32-13-4-2-12-9-27(20(29)14(12)6-13)10-23(21(30)25-22(31)26-23)17-7-15-16(33-17)5-3-11-8-24-19(28)18(11)15/h2-7H,8-10H2,1H3,(H,24,28)(H2,25,26,30,31)/t23-/m0/s1. The molecule has 0 spiro atoms. The molecule has 0 radical (unpaired) electrons. The first kappa shape index (κ1) is 19.4. The summed E-state index contributed by atoms with van der Waals surface area (Å²) in [6.45, 7) is 0.534. The highest BCUT2D eigenvalue weighted by atomic mass is 16.5. The molecule has 10 heteroatoms. The summed E-state index contributed by atoms with van der Waals surface area (Å²) < 4.78 is 11.2. The second-order valence-corrected chi connectivity index (χ2v) is 8.30. The Balaban J connectivity index is 1.43. The lowest BCUT2D eigenvalue weighted by Crippen LogP contribution is -2.52. The van der Waals surface area contributed by atoms with Gasteiger partial charge in [-0.3, -0.25) is 19.7 Å². The fourth-order valence-electron chi connectivity index (χ4n) is 4.78. The zero-order valence-corrected chi connectivity index (χ0v) is 17.5. The molecule has 5 amide bonds. The number of fused-ring (bicyclic) bond motifs is 4. The molecule has 1 saturated heterocycles. The molecule has 1 atom stereocenters. The van der Waals surface area contributed by atoms with Gasteiger partial charge in [0.05, 0.1) is 19.2 Å². The number of hydrogen-bond donors (Lipinski definition) is 3. The van der Waals surface area contributed by atoms with E-state index in [2.05, 4.69) is 16.0 Å². The molecule has 10 nitrogen and oxygen atoms in total. The van der Waals surface area contributed by atoms with E-state index < -0.39 is 17.5 Å². The van der Waals surface area contributed by atoms with Crippen molar-refractivity contribution < 1.29 is 28.3 Å². The van der Waals surface area contributed by atoms with Crippen LogP contribution >= 0.6 is 0 Å². The Hall–Kier alpha value is -4.34. The molecule has 4 heterocycles. The van der Waals surface area contributed by atoms with Crippen molar-refractivity contribution in [3.63, 3.8) is 0 Å². The van der Waals surface area contributed by atoms with Crippen molar-refractivity contribution in [2.45, 2.75) is 18.6 Å². The molecule has 3 N–H and O–H groups in total. The molecule has 1 fully saturated rings. The summed E-state index contributed by atoms with van der Waals surface area (Å²) in [6.07, 6.45) is 0. The Kier molecular flexibility index (Phi) is 3.86. The van der Waals surface area contributed by atoms with Crippen LogP contribution in [0.15, 0.2) is 40.8 Å². The molecule has 2 aromatic carbocycles. The van der Waals surface area contributed by atoms with Gasteiger partial charge in [0.15, 0.2) is 5.54 Å². The summed E-state index contributed by atoms with van der Waals surface area (Å²) in [5, 5.41) is 8.23. The summed E-state index contributed by atoms with van der Waals surface area (Å²) in [7, 11) is 1.52. The van der Waals surface area contributed by atoms with Gasteiger partial charge in [0.2, 0.25) is 0 Å². The molecular weight excluding hydrogens is 428 g/mol. The average molecular weight is 446 g/mol. The Morgan fingerprint density at radius 3 is 2.67 bits per heavy atom. The van der Waals surface area contributed by atoms with Crippen molar-refractivity contribution in [3.8, 4) is 5.75 Å². The van der Waals surface area contributed by atoms with Gasteiger partial charge in [-0.1, -0.05) is 12.1 Å². The maximum absolute atomic E-state index is 13.1. The van der Waals surface area contributed by atoms with Crippen LogP contribution in [0.3, 0.4) is 0 Å². The van der Waals surface area contributed by atoms with Crippen molar-refractivity contribution >= 4 is 34.7 Å². The van der Waals surface area contributed by atoms with Crippen molar-refractivity contribution in [1.29, 1.82) is 0 Å². The normalized spacial score (nSPS) is 21.2. The van der Waals surface area contributed by atoms with Crippen LogP contribution < -0.4 is 20.7 Å². The highest BCUT2D eigenvalue weighted by Crippen LogP contribution is 2.37. The van der Waals surface area contributed by atoms with Gasteiger partial charge >= 0.3 is 6.03 Å². The molecule has 166 valence electrons. The topological polar surface area (TPSA) is 130 Å². The Morgan fingerprint density at radius 1 is 1.09 bits per heavy atom. The number of amides is 5. The molecule has 3 aliphatic rings. The smallest absolute Gasteiger partial charge is 0.322 e. The van der Waals surface area contributed by atoms with E-state index >= 15 is 0 Å². The van der Waals surface area contributed by atoms with E-state index in [4.69, 9.17) is 9.15 Å². The van der Waals surface area contributed by atoms with Gasteiger partial charge in [-0.2, -0.15) is 0 Å². The number of hydrogen-bond acceptors (Lipinski definition) is 6. The van der Waals surface area contributed by atoms with Crippen LogP contribution in [0.25, 0.3) is 11.0 Å². The van der Waals surface area contributed by atoms with Crippen LogP contribution in [-0.4, -0.2) is 42.3 Å². The monoisotopic (exact) mass is 446 g/mol. The van der Waals surface area contributed by atoms with E-state index in [1.54, 1.807) is 36.4 Å². The van der Waals surface area contributed by atoms with Gasteiger partial charge in [0.25, 0.3) is 17.7 Å². The number of ether oxygens (including phenoxy) is 1. The second-order valence-electron chi connectivity index (χ2n) is 8.30. The van der Waals surface area contributed by atoms with Crippen molar-refractivity contribution in [2.75, 3.05) is 13.7 Å². The molecular formula is C23H18N4O6. The number of imide groups is 1. The van der Waals surface area contributed by atoms with Crippen LogP contribution in [0.4, 0.5) is 4.79 Å². The molecule has 3 aromatic rings. The van der Waals surface area contributed by atoms with Crippen LogP contribution in [0.2, 0.25) is 0 Å². The fourth-order valence-corrected chi connectivity index (χ4v) is 4.78. The minimum atomic E-state index is -1.64. The second kappa shape index (κ2) is 6.58. The predicted octanol–water partition coefficient (Wildman–Crippen LogP) is 1.38. The number of methoxy groups -OCH3 is 1. The van der Waals surface area contributed by atoms with Gasteiger partial charge < -0.3 is 24.7 Å². The summed E-state index contributed by atoms with van der Waals surface area (Å²) in [6, 6.07) is 9.64. The van der Waals surface area contributed by atoms with E-state index in [0.717, 1.165) is 11.1 Å². The zero-order valence-electron chi connectivity index (χ0n) is 17.5. The molecule has 0 unspecified atom stereocenters. The first-order valence-electron chi connectivity index (χ1n) is 10.3. The quantitative estimate of drug-likeness (QED) is 0.519. The van der Waals surface area contributed by atoms with Crippen LogP contribution in [-0.2, 0) is 23.4 Å². The van der Waals surface area contributed by atoms with E-state index in [9.17, 15) is 19.2 Å². The zero-order chi connectivity index (χ0) is 22.9. The Bertz CT molecular complexity index is 1410. The number of urea groups is 1. The molecule has 0 aliphatic carbocycles. The first-order valence-corrected chi connectivity index (χ1v) is 10.3. The van der Waals surface area contributed by atoms with E-state index in [-0.39, 0.29) is 30.7 Å². The number of nitrogens with one attached hydrogen (secondary N) is 3. The van der Waals surface area contributed by atoms with Crippen molar-refractivity contribution in [2.24, 2.45) is 0 Å². The molecule has 0 saturated carbocycles. The van der Waals surface area contributed by atoms with Crippen molar-refractivity contribution in [3.05, 3.63) is 64.4 Å². The largest absolute Gasteiger partial charge is 0.497 e. The van der Waals surface area contributed by atoms with Gasteiger partial charge in [0, 0.05) is 24.0 Å². The molecule has 1 aromatic heterocycles. The number of carbonyl (C=O) groups is 4. The summed E-state index contributed by atoms with van der Waals surface area (Å²) in [5.74, 6) is -0.441. The Morgan fingerprint density at radius 2 is 1.91 bits per heavy atom. The number of benzene rings is 2. The first-order chi connectivity index (χ1) is 15.9. The highest BCUT2D eigenvalue weighted by molar-refractivity contribution is 6.11. The van der Waals surface area contributed by atoms with Crippen molar-refractivity contribution in [1.82, 2.24) is 20.9 Å². The van der Waals surface area contributed by atoms with Gasteiger partial charge in [-0.15, -0.1) is 0 Å². The maximum Gasteiger partial charge on any atom is 0.322 e. The summed E-state index contributed by atoms with van der Waals surface area (Å²) >= 11 is 0. The predicted molar refractivity (Wildman–Crippen MR) is 113 cm³/mol. The number of carbonyl (C=O) groups excluding carboxylic acids is 4. The van der Waals surface area contributed by atoms with Crippen LogP contribution in [0.5, 0.6) is 5.75 Å². The van der Waals surface area contributed by atoms with Crippen LogP contribution in [0, 0.1) is 0 Å². The third-order valence-electron chi connectivity index (χ3n) is 6.44. The lowest BCUT2D eigenvalue weighted by atomic mass is 9.94. The number of furan rings is 1. The minimum Gasteiger partial charge on any atom is -0.497 e. The van der Waals surface area contributed by atoms with Gasteiger partial charge in [0.1, 0.15) is 17.1 Å². The SMILES string of the molecule is COc1ccc2c(c1)C(=O)N(C[C@@]1(c3cc4c5c(ccc4o3)CNC5=O)NC(=O)NC1=O)C2. The van der Waals surface area contributed by atoms with Crippen LogP contribution in [0.1, 0.15) is 37.6 Å². The molecule has 6 rings (SSSR count). The summed E-state index contributed by atoms with van der Waals surface area (Å²) in [5.41, 5.74) is 1.36. The van der Waals surface area contributed by atoms with Gasteiger partial charge in [-0.05, 0) is 35.4 Å². The minimum absolute atomic E-state index is 0.144. The maximum atomic E-state index is 13.1. The number of rotatable bonds is 4. The van der Waals surface area contributed by atoms with Gasteiger partial charge in [-0.25, -0.2) is 4.79 Å². The number of nitrogens with zero attached hydrogens (tertiary/aromatic N) is 1. The summed E-state index contributed by atoms with van der Waals surface area (Å²) in [4.78, 5) is 52.2. The van der Waals surface area contributed by atoms with E-state index in [0.29, 0.717) is 34.4 Å². The third-order valence-corrected chi connectivity index (χ3v) is 6.44. The molecule has 3 aliphatic heterocycles. The third kappa shape index (κ3) is 2.67. The highest BCUT2D eigenvalue weighted by Gasteiger charge is 2.53. The fraction of sp³-hybridized carbons (Fsp3) is 0.217. The molecule has 33 heavy (non-hydrogen) atoms. The Labute approximate surface area is 186 Å². The molecule has 0 bridgehead atoms. The van der Waals surface area contributed by atoms with E-state index in [1.165, 1.54) is 12.0 Å².